The first-order chi connectivity index (χ1) is 20.7. The highest BCUT2D eigenvalue weighted by Gasteiger charge is 2.18. The first-order valence-corrected chi connectivity index (χ1v) is 11.9. The molecule has 18 nitrogen and oxygen atoms in total. The molecule has 3 aromatic carbocycles. The second-order valence-electron chi connectivity index (χ2n) is 7.89. The second kappa shape index (κ2) is 16.8. The molecule has 18 heteroatoms. The lowest BCUT2D eigenvalue weighted by Gasteiger charge is -2.04. The van der Waals surface area contributed by atoms with Gasteiger partial charge in [-0.25, -0.2) is 4.79 Å². The van der Waals surface area contributed by atoms with Crippen LogP contribution in [0.25, 0.3) is 0 Å². The number of nitro benzene ring substituents is 3. The predicted molar refractivity (Wildman–Crippen MR) is 153 cm³/mol. The average molecular weight is 618 g/mol. The van der Waals surface area contributed by atoms with Gasteiger partial charge in [0, 0.05) is 61.6 Å². The molecule has 0 unspecified atom stereocenters. The minimum absolute atomic E-state index is 0.0487. The van der Waals surface area contributed by atoms with Crippen LogP contribution in [-0.4, -0.2) is 73.1 Å². The summed E-state index contributed by atoms with van der Waals surface area (Å²) in [6.45, 7) is 0. The van der Waals surface area contributed by atoms with Gasteiger partial charge in [0.05, 0.1) is 41.7 Å². The molecule has 0 bridgehead atoms. The molecule has 0 aliphatic heterocycles. The molecular weight excluding hydrogens is 590 g/mol. The van der Waals surface area contributed by atoms with Crippen molar-refractivity contribution in [1.29, 1.82) is 0 Å². The summed E-state index contributed by atoms with van der Waals surface area (Å²) in [5.74, 6) is -1.71. The van der Waals surface area contributed by atoms with E-state index in [2.05, 4.69) is 10.6 Å². The van der Waals surface area contributed by atoms with Crippen LogP contribution in [0.15, 0.2) is 54.6 Å². The minimum atomic E-state index is -1.15. The van der Waals surface area contributed by atoms with Crippen LogP contribution in [-0.2, 0) is 0 Å². The fourth-order valence-corrected chi connectivity index (χ4v) is 3.19. The zero-order valence-corrected chi connectivity index (χ0v) is 23.9. The number of carboxylic acids is 1. The van der Waals surface area contributed by atoms with E-state index in [4.69, 9.17) is 19.3 Å². The highest BCUT2D eigenvalue weighted by molar-refractivity contribution is 5.95. The number of methoxy groups -OCH3 is 3. The lowest BCUT2D eigenvalue weighted by Crippen LogP contribution is -2.17. The topological polar surface area (TPSA) is 253 Å². The molecule has 0 heterocycles. The molecule has 0 fully saturated rings. The molecule has 0 aromatic heterocycles. The van der Waals surface area contributed by atoms with Crippen molar-refractivity contribution in [3.05, 3.63) is 102 Å². The first kappa shape index (κ1) is 35.7. The molecule has 0 aliphatic carbocycles. The summed E-state index contributed by atoms with van der Waals surface area (Å²) in [6.07, 6.45) is 0. The molecular formula is C26H27N5O13. The van der Waals surface area contributed by atoms with Crippen molar-refractivity contribution < 1.29 is 48.5 Å². The Labute approximate surface area is 248 Å². The highest BCUT2D eigenvalue weighted by atomic mass is 16.6. The van der Waals surface area contributed by atoms with Gasteiger partial charge in [-0.1, -0.05) is 0 Å². The normalized spacial score (nSPS) is 9.48. The lowest BCUT2D eigenvalue weighted by atomic mass is 10.2. The second-order valence-corrected chi connectivity index (χ2v) is 7.89. The van der Waals surface area contributed by atoms with E-state index in [0.29, 0.717) is 11.1 Å². The van der Waals surface area contributed by atoms with E-state index in [9.17, 15) is 44.7 Å². The maximum atomic E-state index is 11.2. The Morgan fingerprint density at radius 1 is 0.591 bits per heavy atom. The van der Waals surface area contributed by atoms with Crippen molar-refractivity contribution in [3.8, 4) is 17.2 Å². The van der Waals surface area contributed by atoms with Gasteiger partial charge in [0.1, 0.15) is 0 Å². The van der Waals surface area contributed by atoms with E-state index in [1.54, 1.807) is 0 Å². The molecule has 0 saturated carbocycles. The number of amides is 2. The van der Waals surface area contributed by atoms with Crippen LogP contribution in [0.4, 0.5) is 17.1 Å². The molecule has 44 heavy (non-hydrogen) atoms. The highest BCUT2D eigenvalue weighted by Crippen LogP contribution is 2.29. The first-order valence-electron chi connectivity index (χ1n) is 11.9. The zero-order chi connectivity index (χ0) is 33.6. The fourth-order valence-electron chi connectivity index (χ4n) is 3.19. The number of rotatable bonds is 9. The van der Waals surface area contributed by atoms with Crippen molar-refractivity contribution in [2.75, 3.05) is 35.4 Å². The van der Waals surface area contributed by atoms with Gasteiger partial charge in [-0.3, -0.25) is 39.9 Å². The van der Waals surface area contributed by atoms with Crippen molar-refractivity contribution in [3.63, 3.8) is 0 Å². The average Bonchev–Trinajstić information content (AvgIpc) is 3.03. The Hall–Kier alpha value is -6.33. The van der Waals surface area contributed by atoms with Gasteiger partial charge in [0.15, 0.2) is 17.2 Å². The number of nitro groups is 3. The fraction of sp³-hybridized carbons (Fsp3) is 0.192. The number of nitrogens with zero attached hydrogens (tertiary/aromatic N) is 3. The van der Waals surface area contributed by atoms with Gasteiger partial charge < -0.3 is 30.0 Å². The number of carbonyl (C=O) groups is 3. The summed E-state index contributed by atoms with van der Waals surface area (Å²) in [5, 5.41) is 45.0. The third kappa shape index (κ3) is 9.65. The largest absolute Gasteiger partial charge is 0.490 e. The lowest BCUT2D eigenvalue weighted by molar-refractivity contribution is -0.385. The molecule has 3 aromatic rings. The molecule has 0 saturated heterocycles. The van der Waals surface area contributed by atoms with Crippen molar-refractivity contribution in [1.82, 2.24) is 10.6 Å². The Bertz CT molecular complexity index is 1480. The number of ether oxygens (including phenoxy) is 3. The summed E-state index contributed by atoms with van der Waals surface area (Å²) < 4.78 is 14.3. The Morgan fingerprint density at radius 2 is 0.864 bits per heavy atom. The monoisotopic (exact) mass is 617 g/mol. The van der Waals surface area contributed by atoms with Gasteiger partial charge in [-0.15, -0.1) is 0 Å². The molecule has 2 amide bonds. The number of carboxylic acid groups (broad SMARTS) is 1. The van der Waals surface area contributed by atoms with E-state index in [1.807, 2.05) is 0 Å². The molecule has 0 aliphatic rings. The summed E-state index contributed by atoms with van der Waals surface area (Å²) >= 11 is 0. The van der Waals surface area contributed by atoms with Crippen LogP contribution in [0.3, 0.4) is 0 Å². The van der Waals surface area contributed by atoms with E-state index >= 15 is 0 Å². The SMILES string of the molecule is CNC(=O)c1ccc([N+](=O)[O-])c(OC)c1.CNC(=O)c1ccc([N+](=O)[O-])c(OC)c1.COc1cc(C(=O)O)ccc1[N+](=O)[O-]. The summed E-state index contributed by atoms with van der Waals surface area (Å²) in [5.41, 5.74) is 0.0140. The third-order valence-electron chi connectivity index (χ3n) is 5.35. The number of carbonyl (C=O) groups excluding carboxylic acids is 2. The molecule has 0 atom stereocenters. The molecule has 3 rings (SSSR count). The predicted octanol–water partition coefficient (Wildman–Crippen LogP) is 3.23. The number of aromatic carboxylic acids is 1. The summed E-state index contributed by atoms with van der Waals surface area (Å²) in [4.78, 5) is 62.8. The van der Waals surface area contributed by atoms with E-state index < -0.39 is 20.7 Å². The minimum Gasteiger partial charge on any atom is -0.490 e. The Kier molecular flexibility index (Phi) is 13.6. The smallest absolute Gasteiger partial charge is 0.335 e. The molecule has 3 N–H and O–H groups in total. The molecule has 234 valence electrons. The van der Waals surface area contributed by atoms with Gasteiger partial charge in [0.25, 0.3) is 11.8 Å². The maximum absolute atomic E-state index is 11.2. The van der Waals surface area contributed by atoms with Crippen LogP contribution in [0.1, 0.15) is 31.1 Å². The quantitative estimate of drug-likeness (QED) is 0.230. The van der Waals surface area contributed by atoms with E-state index in [-0.39, 0.29) is 51.7 Å². The maximum Gasteiger partial charge on any atom is 0.335 e. The van der Waals surface area contributed by atoms with Crippen LogP contribution in [0, 0.1) is 30.3 Å². The van der Waals surface area contributed by atoms with Crippen LogP contribution < -0.4 is 24.8 Å². The van der Waals surface area contributed by atoms with Crippen LogP contribution in [0.5, 0.6) is 17.2 Å². The zero-order valence-electron chi connectivity index (χ0n) is 23.9. The van der Waals surface area contributed by atoms with Crippen molar-refractivity contribution in [2.24, 2.45) is 0 Å². The van der Waals surface area contributed by atoms with Crippen LogP contribution in [0.2, 0.25) is 0 Å². The summed E-state index contributed by atoms with van der Waals surface area (Å²) in [7, 11) is 6.84. The third-order valence-corrected chi connectivity index (χ3v) is 5.35. The van der Waals surface area contributed by atoms with E-state index in [0.717, 1.165) is 18.2 Å². The van der Waals surface area contributed by atoms with Gasteiger partial charge in [0.2, 0.25) is 0 Å². The Balaban J connectivity index is 0.000000330. The van der Waals surface area contributed by atoms with Gasteiger partial charge in [-0.2, -0.15) is 0 Å². The summed E-state index contributed by atoms with van der Waals surface area (Å²) in [6, 6.07) is 11.3. The van der Waals surface area contributed by atoms with Gasteiger partial charge in [-0.05, 0) is 18.2 Å². The number of benzene rings is 3. The number of hydrogen-bond donors (Lipinski definition) is 3. The standard InChI is InChI=1S/2C9H10N2O4.C8H7NO5/c2*1-10-9(12)6-3-4-7(11(13)14)8(5-6)15-2;1-14-7-4-5(8(10)11)2-3-6(7)9(12)13/h2*3-5H,1-2H3,(H,10,12);2-4H,1H3,(H,10,11). The van der Waals surface area contributed by atoms with E-state index in [1.165, 1.54) is 71.8 Å². The van der Waals surface area contributed by atoms with Crippen molar-refractivity contribution >= 4 is 34.8 Å². The van der Waals surface area contributed by atoms with Crippen LogP contribution >= 0.6 is 0 Å². The van der Waals surface area contributed by atoms with Crippen molar-refractivity contribution in [2.45, 2.75) is 0 Å². The molecule has 0 spiro atoms. The molecule has 0 radical (unpaired) electrons. The number of nitrogens with one attached hydrogen (secondary N) is 2. The van der Waals surface area contributed by atoms with Gasteiger partial charge >= 0.3 is 23.0 Å². The Morgan fingerprint density at radius 3 is 1.09 bits per heavy atom. The number of hydrogen-bond acceptors (Lipinski definition) is 12.